The average molecular weight is 224 g/mol. The summed E-state index contributed by atoms with van der Waals surface area (Å²) in [5.74, 6) is 0.560. The number of carbonyl (C=O) groups excluding carboxylic acids is 2. The highest BCUT2D eigenvalue weighted by molar-refractivity contribution is 6.05. The Morgan fingerprint density at radius 1 is 1.25 bits per heavy atom. The van der Waals surface area contributed by atoms with E-state index in [0.29, 0.717) is 12.5 Å². The highest BCUT2D eigenvalue weighted by Crippen LogP contribution is 2.27. The molecule has 4 nitrogen and oxygen atoms in total. The predicted molar refractivity (Wildman–Crippen MR) is 60.7 cm³/mol. The van der Waals surface area contributed by atoms with Crippen molar-refractivity contribution >= 4 is 11.8 Å². The number of carbonyl (C=O) groups is 2. The van der Waals surface area contributed by atoms with Crippen molar-refractivity contribution in [3.8, 4) is 0 Å². The first-order chi connectivity index (χ1) is 7.69. The molecule has 1 aliphatic carbocycles. The minimum absolute atomic E-state index is 0.148. The summed E-state index contributed by atoms with van der Waals surface area (Å²) in [6.45, 7) is 2.24. The van der Waals surface area contributed by atoms with E-state index in [1.165, 1.54) is 19.3 Å². The molecule has 1 aliphatic heterocycles. The fourth-order valence-corrected chi connectivity index (χ4v) is 2.71. The summed E-state index contributed by atoms with van der Waals surface area (Å²) in [6, 6.07) is 0.139. The third-order valence-corrected chi connectivity index (χ3v) is 3.83. The third-order valence-electron chi connectivity index (χ3n) is 3.83. The van der Waals surface area contributed by atoms with Crippen LogP contribution in [0.2, 0.25) is 0 Å². The Hall–Kier alpha value is -0.900. The van der Waals surface area contributed by atoms with Crippen LogP contribution in [-0.2, 0) is 9.59 Å². The second-order valence-corrected chi connectivity index (χ2v) is 4.96. The summed E-state index contributed by atoms with van der Waals surface area (Å²) in [6.07, 6.45) is 6.33. The van der Waals surface area contributed by atoms with E-state index in [4.69, 9.17) is 0 Å². The van der Waals surface area contributed by atoms with Crippen molar-refractivity contribution in [2.45, 2.75) is 57.5 Å². The van der Waals surface area contributed by atoms with Crippen LogP contribution in [0.15, 0.2) is 0 Å². The standard InChI is InChI=1S/C12H20N2O2/c1-2-8-3-5-9(6-4-8)13-10-7-11(15)14-12(10)16/h8-10,13H,2-7H2,1H3,(H,14,15,16). The Morgan fingerprint density at radius 3 is 2.44 bits per heavy atom. The van der Waals surface area contributed by atoms with Crippen LogP contribution in [0.1, 0.15) is 45.4 Å². The summed E-state index contributed by atoms with van der Waals surface area (Å²) in [5.41, 5.74) is 0. The number of imide groups is 1. The van der Waals surface area contributed by atoms with Gasteiger partial charge in [-0.1, -0.05) is 13.3 Å². The molecule has 1 saturated carbocycles. The number of hydrogen-bond acceptors (Lipinski definition) is 3. The van der Waals surface area contributed by atoms with Gasteiger partial charge in [0.25, 0.3) is 0 Å². The highest BCUT2D eigenvalue weighted by atomic mass is 16.2. The number of hydrogen-bond donors (Lipinski definition) is 2. The summed E-state index contributed by atoms with van der Waals surface area (Å²) < 4.78 is 0. The molecule has 90 valence electrons. The summed E-state index contributed by atoms with van der Waals surface area (Å²) in [7, 11) is 0. The van der Waals surface area contributed by atoms with Crippen LogP contribution in [0, 0.1) is 5.92 Å². The normalized spacial score (nSPS) is 35.2. The Kier molecular flexibility index (Phi) is 3.59. The summed E-state index contributed by atoms with van der Waals surface area (Å²) >= 11 is 0. The predicted octanol–water partition coefficient (Wildman–Crippen LogP) is 0.960. The van der Waals surface area contributed by atoms with Crippen LogP contribution in [0.5, 0.6) is 0 Å². The van der Waals surface area contributed by atoms with Crippen molar-refractivity contribution in [1.82, 2.24) is 10.6 Å². The maximum Gasteiger partial charge on any atom is 0.244 e. The molecule has 0 aromatic rings. The lowest BCUT2D eigenvalue weighted by atomic mass is 9.84. The lowest BCUT2D eigenvalue weighted by Crippen LogP contribution is -2.44. The van der Waals surface area contributed by atoms with Crippen LogP contribution >= 0.6 is 0 Å². The number of rotatable bonds is 3. The quantitative estimate of drug-likeness (QED) is 0.702. The zero-order valence-electron chi connectivity index (χ0n) is 9.79. The molecule has 1 heterocycles. The molecule has 0 aromatic heterocycles. The molecule has 1 saturated heterocycles. The Labute approximate surface area is 96.2 Å². The average Bonchev–Trinajstić information content (AvgIpc) is 2.59. The monoisotopic (exact) mass is 224 g/mol. The zero-order chi connectivity index (χ0) is 11.5. The molecule has 4 heteroatoms. The largest absolute Gasteiger partial charge is 0.303 e. The van der Waals surface area contributed by atoms with E-state index < -0.39 is 0 Å². The van der Waals surface area contributed by atoms with Gasteiger partial charge in [-0.3, -0.25) is 14.9 Å². The van der Waals surface area contributed by atoms with Gasteiger partial charge in [-0.25, -0.2) is 0 Å². The van der Waals surface area contributed by atoms with Gasteiger partial charge in [0, 0.05) is 6.04 Å². The first kappa shape index (κ1) is 11.6. The highest BCUT2D eigenvalue weighted by Gasteiger charge is 2.32. The van der Waals surface area contributed by atoms with Gasteiger partial charge in [0.05, 0.1) is 12.5 Å². The van der Waals surface area contributed by atoms with Crippen LogP contribution < -0.4 is 10.6 Å². The van der Waals surface area contributed by atoms with Gasteiger partial charge in [-0.15, -0.1) is 0 Å². The molecular formula is C12H20N2O2. The van der Waals surface area contributed by atoms with Crippen molar-refractivity contribution in [3.05, 3.63) is 0 Å². The lowest BCUT2D eigenvalue weighted by Gasteiger charge is -2.29. The van der Waals surface area contributed by atoms with Crippen LogP contribution in [0.25, 0.3) is 0 Å². The van der Waals surface area contributed by atoms with Gasteiger partial charge in [0.2, 0.25) is 11.8 Å². The van der Waals surface area contributed by atoms with Crippen LogP contribution in [0.4, 0.5) is 0 Å². The maximum absolute atomic E-state index is 11.4. The van der Waals surface area contributed by atoms with Gasteiger partial charge in [-0.2, -0.15) is 0 Å². The fraction of sp³-hybridized carbons (Fsp3) is 0.833. The van der Waals surface area contributed by atoms with Crippen LogP contribution in [-0.4, -0.2) is 23.9 Å². The van der Waals surface area contributed by atoms with Gasteiger partial charge < -0.3 is 5.32 Å². The zero-order valence-corrected chi connectivity index (χ0v) is 9.79. The van der Waals surface area contributed by atoms with Crippen molar-refractivity contribution in [2.75, 3.05) is 0 Å². The molecule has 2 fully saturated rings. The molecule has 2 rings (SSSR count). The molecule has 2 aliphatic rings. The van der Waals surface area contributed by atoms with E-state index in [-0.39, 0.29) is 17.9 Å². The molecule has 2 N–H and O–H groups in total. The minimum atomic E-state index is -0.282. The second-order valence-electron chi connectivity index (χ2n) is 4.96. The van der Waals surface area contributed by atoms with Crippen molar-refractivity contribution in [1.29, 1.82) is 0 Å². The summed E-state index contributed by atoms with van der Waals surface area (Å²) in [5, 5.41) is 5.65. The molecule has 0 radical (unpaired) electrons. The van der Waals surface area contributed by atoms with E-state index in [2.05, 4.69) is 17.6 Å². The molecule has 1 atom stereocenters. The van der Waals surface area contributed by atoms with Crippen molar-refractivity contribution in [3.63, 3.8) is 0 Å². The maximum atomic E-state index is 11.4. The third kappa shape index (κ3) is 2.61. The Bertz CT molecular complexity index is 283. The van der Waals surface area contributed by atoms with Gasteiger partial charge in [-0.05, 0) is 31.6 Å². The number of amides is 2. The molecule has 2 amide bonds. The van der Waals surface area contributed by atoms with E-state index >= 15 is 0 Å². The van der Waals surface area contributed by atoms with Gasteiger partial charge in [0.1, 0.15) is 0 Å². The van der Waals surface area contributed by atoms with Crippen LogP contribution in [0.3, 0.4) is 0 Å². The lowest BCUT2D eigenvalue weighted by molar-refractivity contribution is -0.125. The minimum Gasteiger partial charge on any atom is -0.303 e. The SMILES string of the molecule is CCC1CCC(NC2CC(=O)NC2=O)CC1. The summed E-state index contributed by atoms with van der Waals surface area (Å²) in [4.78, 5) is 22.4. The smallest absolute Gasteiger partial charge is 0.244 e. The van der Waals surface area contributed by atoms with Gasteiger partial charge in [0.15, 0.2) is 0 Å². The van der Waals surface area contributed by atoms with Crippen molar-refractivity contribution in [2.24, 2.45) is 5.92 Å². The van der Waals surface area contributed by atoms with E-state index in [0.717, 1.165) is 18.8 Å². The Balaban J connectivity index is 1.78. The first-order valence-electron chi connectivity index (χ1n) is 6.28. The van der Waals surface area contributed by atoms with E-state index in [1.807, 2.05) is 0 Å². The number of nitrogens with one attached hydrogen (secondary N) is 2. The molecular weight excluding hydrogens is 204 g/mol. The molecule has 0 aromatic carbocycles. The van der Waals surface area contributed by atoms with E-state index in [9.17, 15) is 9.59 Å². The molecule has 0 bridgehead atoms. The second kappa shape index (κ2) is 4.95. The van der Waals surface area contributed by atoms with Gasteiger partial charge >= 0.3 is 0 Å². The Morgan fingerprint density at radius 2 is 1.94 bits per heavy atom. The van der Waals surface area contributed by atoms with Crippen molar-refractivity contribution < 1.29 is 9.59 Å². The molecule has 0 spiro atoms. The molecule has 16 heavy (non-hydrogen) atoms. The topological polar surface area (TPSA) is 58.2 Å². The van der Waals surface area contributed by atoms with E-state index in [1.54, 1.807) is 0 Å². The molecule has 1 unspecified atom stereocenters. The first-order valence-corrected chi connectivity index (χ1v) is 6.28. The fourth-order valence-electron chi connectivity index (χ4n) is 2.71.